The summed E-state index contributed by atoms with van der Waals surface area (Å²) in [5, 5.41) is 1.06. The van der Waals surface area contributed by atoms with E-state index >= 15 is 0 Å². The molecule has 0 aromatic heterocycles. The molecule has 146 valence electrons. The van der Waals surface area contributed by atoms with Crippen LogP contribution in [0.5, 0.6) is 11.5 Å². The first kappa shape index (κ1) is 20.5. The highest BCUT2D eigenvalue weighted by Crippen LogP contribution is 2.34. The van der Waals surface area contributed by atoms with Crippen LogP contribution in [-0.4, -0.2) is 5.33 Å². The number of alkyl halides is 1. The van der Waals surface area contributed by atoms with Crippen molar-refractivity contribution in [1.82, 2.24) is 0 Å². The molecule has 0 saturated heterocycles. The van der Waals surface area contributed by atoms with E-state index in [1.807, 2.05) is 42.5 Å². The number of halogens is 1. The molecule has 0 heterocycles. The maximum Gasteiger partial charge on any atom is 0.164 e. The fourth-order valence-electron chi connectivity index (χ4n) is 3.09. The molecular formula is C25H27BrO2. The van der Waals surface area contributed by atoms with Crippen molar-refractivity contribution >= 4 is 15.9 Å². The molecule has 0 unspecified atom stereocenters. The van der Waals surface area contributed by atoms with Gasteiger partial charge in [0.15, 0.2) is 11.5 Å². The van der Waals surface area contributed by atoms with Gasteiger partial charge in [-0.3, -0.25) is 0 Å². The Bertz CT molecular complexity index is 818. The van der Waals surface area contributed by atoms with Gasteiger partial charge in [-0.15, -0.1) is 0 Å². The molecule has 28 heavy (non-hydrogen) atoms. The Kier molecular flexibility index (Phi) is 8.45. The van der Waals surface area contributed by atoms with Crippen molar-refractivity contribution in [3.8, 4) is 11.5 Å². The lowest BCUT2D eigenvalue weighted by Gasteiger charge is -2.17. The first-order valence-electron chi connectivity index (χ1n) is 9.88. The molecule has 0 bridgehead atoms. The maximum atomic E-state index is 6.27. The molecule has 0 amide bonds. The van der Waals surface area contributed by atoms with E-state index in [-0.39, 0.29) is 0 Å². The van der Waals surface area contributed by atoms with Gasteiger partial charge in [0.2, 0.25) is 0 Å². The van der Waals surface area contributed by atoms with Gasteiger partial charge in [0.25, 0.3) is 0 Å². The molecule has 0 aliphatic carbocycles. The van der Waals surface area contributed by atoms with Crippen LogP contribution >= 0.6 is 15.9 Å². The Labute approximate surface area is 176 Å². The Hall–Kier alpha value is -2.26. The smallest absolute Gasteiger partial charge is 0.164 e. The normalized spacial score (nSPS) is 10.6. The quantitative estimate of drug-likeness (QED) is 0.238. The van der Waals surface area contributed by atoms with E-state index in [1.165, 1.54) is 18.4 Å². The van der Waals surface area contributed by atoms with E-state index in [0.29, 0.717) is 13.2 Å². The van der Waals surface area contributed by atoms with Crippen LogP contribution in [0.3, 0.4) is 0 Å². The van der Waals surface area contributed by atoms with Crippen LogP contribution in [0.1, 0.15) is 36.0 Å². The average Bonchev–Trinajstić information content (AvgIpc) is 2.76. The van der Waals surface area contributed by atoms with Gasteiger partial charge in [-0.2, -0.15) is 0 Å². The monoisotopic (exact) mass is 438 g/mol. The molecule has 0 aliphatic rings. The number of aryl methyl sites for hydroxylation is 1. The molecular weight excluding hydrogens is 412 g/mol. The van der Waals surface area contributed by atoms with Crippen LogP contribution in [0.2, 0.25) is 0 Å². The zero-order valence-corrected chi connectivity index (χ0v) is 17.7. The minimum Gasteiger partial charge on any atom is -0.485 e. The molecule has 0 N–H and O–H groups in total. The van der Waals surface area contributed by atoms with Gasteiger partial charge in [-0.1, -0.05) is 95.1 Å². The van der Waals surface area contributed by atoms with Crippen LogP contribution < -0.4 is 9.47 Å². The number of unbranched alkanes of at least 4 members (excludes halogenated alkanes) is 2. The molecule has 3 rings (SSSR count). The molecule has 0 atom stereocenters. The zero-order chi connectivity index (χ0) is 19.4. The van der Waals surface area contributed by atoms with Crippen molar-refractivity contribution in [1.29, 1.82) is 0 Å². The SMILES string of the molecule is BrCCCCCc1cccc(OCc2ccccc2)c1OCc1ccccc1. The topological polar surface area (TPSA) is 18.5 Å². The van der Waals surface area contributed by atoms with Gasteiger partial charge in [-0.25, -0.2) is 0 Å². The van der Waals surface area contributed by atoms with Gasteiger partial charge >= 0.3 is 0 Å². The highest BCUT2D eigenvalue weighted by atomic mass is 79.9. The molecule has 0 fully saturated rings. The summed E-state index contributed by atoms with van der Waals surface area (Å²) in [4.78, 5) is 0. The summed E-state index contributed by atoms with van der Waals surface area (Å²) in [6.07, 6.45) is 4.55. The third-order valence-corrected chi connectivity index (χ3v) is 5.16. The van der Waals surface area contributed by atoms with Gasteiger partial charge in [0, 0.05) is 5.33 Å². The lowest BCUT2D eigenvalue weighted by atomic mass is 10.1. The second-order valence-electron chi connectivity index (χ2n) is 6.79. The van der Waals surface area contributed by atoms with Crippen LogP contribution in [0.25, 0.3) is 0 Å². The lowest BCUT2D eigenvalue weighted by molar-refractivity contribution is 0.253. The van der Waals surface area contributed by atoms with E-state index < -0.39 is 0 Å². The standard InChI is InChI=1S/C25H27BrO2/c26-18-9-3-8-15-23-16-10-17-24(27-19-21-11-4-1-5-12-21)25(23)28-20-22-13-6-2-7-14-22/h1-2,4-7,10-14,16-17H,3,8-9,15,18-20H2. The molecule has 0 radical (unpaired) electrons. The molecule has 0 aliphatic heterocycles. The van der Waals surface area contributed by atoms with E-state index in [2.05, 4.69) is 52.3 Å². The fourth-order valence-corrected chi connectivity index (χ4v) is 3.48. The van der Waals surface area contributed by atoms with Crippen LogP contribution in [-0.2, 0) is 19.6 Å². The Morgan fingerprint density at radius 3 is 1.89 bits per heavy atom. The number of benzene rings is 3. The third-order valence-electron chi connectivity index (χ3n) is 4.60. The minimum absolute atomic E-state index is 0.537. The van der Waals surface area contributed by atoms with Crippen molar-refractivity contribution in [3.63, 3.8) is 0 Å². The van der Waals surface area contributed by atoms with Crippen LogP contribution in [0, 0.1) is 0 Å². The van der Waals surface area contributed by atoms with Crippen LogP contribution in [0.4, 0.5) is 0 Å². The summed E-state index contributed by atoms with van der Waals surface area (Å²) in [6.45, 7) is 1.08. The number of hydrogen-bond acceptors (Lipinski definition) is 2. The summed E-state index contributed by atoms with van der Waals surface area (Å²) < 4.78 is 12.4. The first-order chi connectivity index (χ1) is 13.9. The Balaban J connectivity index is 1.74. The summed E-state index contributed by atoms with van der Waals surface area (Å²) in [7, 11) is 0. The molecule has 0 spiro atoms. The largest absolute Gasteiger partial charge is 0.485 e. The van der Waals surface area contributed by atoms with Gasteiger partial charge in [-0.05, 0) is 42.0 Å². The summed E-state index contributed by atoms with van der Waals surface area (Å²) >= 11 is 3.51. The number of rotatable bonds is 11. The van der Waals surface area contributed by atoms with Crippen molar-refractivity contribution in [3.05, 3.63) is 95.6 Å². The zero-order valence-electron chi connectivity index (χ0n) is 16.1. The van der Waals surface area contributed by atoms with Gasteiger partial charge < -0.3 is 9.47 Å². The second kappa shape index (κ2) is 11.6. The summed E-state index contributed by atoms with van der Waals surface area (Å²) in [5.74, 6) is 1.69. The molecule has 3 heteroatoms. The lowest BCUT2D eigenvalue weighted by Crippen LogP contribution is -2.03. The predicted molar refractivity (Wildman–Crippen MR) is 119 cm³/mol. The first-order valence-corrected chi connectivity index (χ1v) is 11.0. The highest BCUT2D eigenvalue weighted by molar-refractivity contribution is 9.09. The number of ether oxygens (including phenoxy) is 2. The van der Waals surface area contributed by atoms with Crippen molar-refractivity contribution in [2.45, 2.75) is 38.9 Å². The second-order valence-corrected chi connectivity index (χ2v) is 7.59. The molecule has 3 aromatic carbocycles. The van der Waals surface area contributed by atoms with Crippen LogP contribution in [0.15, 0.2) is 78.9 Å². The number of hydrogen-bond donors (Lipinski definition) is 0. The molecule has 2 nitrogen and oxygen atoms in total. The van der Waals surface area contributed by atoms with Gasteiger partial charge in [0.05, 0.1) is 0 Å². The summed E-state index contributed by atoms with van der Waals surface area (Å²) in [5.41, 5.74) is 3.53. The van der Waals surface area contributed by atoms with E-state index in [1.54, 1.807) is 0 Å². The fraction of sp³-hybridized carbons (Fsp3) is 0.280. The maximum absolute atomic E-state index is 6.27. The number of para-hydroxylation sites is 1. The van der Waals surface area contributed by atoms with Crippen molar-refractivity contribution < 1.29 is 9.47 Å². The van der Waals surface area contributed by atoms with Gasteiger partial charge in [0.1, 0.15) is 13.2 Å². The molecule has 3 aromatic rings. The molecule has 0 saturated carbocycles. The Morgan fingerprint density at radius 2 is 1.25 bits per heavy atom. The Morgan fingerprint density at radius 1 is 0.607 bits per heavy atom. The van der Waals surface area contributed by atoms with Crippen molar-refractivity contribution in [2.75, 3.05) is 5.33 Å². The average molecular weight is 439 g/mol. The van der Waals surface area contributed by atoms with E-state index in [0.717, 1.165) is 40.8 Å². The van der Waals surface area contributed by atoms with E-state index in [9.17, 15) is 0 Å². The van der Waals surface area contributed by atoms with Crippen molar-refractivity contribution in [2.24, 2.45) is 0 Å². The minimum atomic E-state index is 0.537. The predicted octanol–water partition coefficient (Wildman–Crippen LogP) is 6.95. The highest BCUT2D eigenvalue weighted by Gasteiger charge is 2.12. The van der Waals surface area contributed by atoms with E-state index in [4.69, 9.17) is 9.47 Å². The third kappa shape index (κ3) is 6.42. The summed E-state index contributed by atoms with van der Waals surface area (Å²) in [6, 6.07) is 26.7.